The zero-order valence-corrected chi connectivity index (χ0v) is 12.6. The van der Waals surface area contributed by atoms with Crippen LogP contribution in [0.5, 0.6) is 0 Å². The molecule has 2 aromatic rings. The normalized spacial score (nSPS) is 11.0. The summed E-state index contributed by atoms with van der Waals surface area (Å²) in [6, 6.07) is 11.7. The second-order valence-electron chi connectivity index (χ2n) is 4.13. The van der Waals surface area contributed by atoms with Gasteiger partial charge in [-0.3, -0.25) is 4.72 Å². The second kappa shape index (κ2) is 6.15. The molecule has 0 aliphatic rings. The fourth-order valence-electron chi connectivity index (χ4n) is 1.62. The molecule has 0 fully saturated rings. The van der Waals surface area contributed by atoms with Crippen molar-refractivity contribution in [2.75, 3.05) is 11.8 Å². The number of hydrogen-bond acceptors (Lipinski definition) is 4. The Kier molecular flexibility index (Phi) is 4.50. The van der Waals surface area contributed by atoms with Gasteiger partial charge in [0.05, 0.1) is 17.6 Å². The number of hydrogen-bond donors (Lipinski definition) is 1. The lowest BCUT2D eigenvalue weighted by atomic mass is 10.2. The summed E-state index contributed by atoms with van der Waals surface area (Å²) < 4.78 is 31.3. The monoisotopic (exact) mass is 325 g/mol. The summed E-state index contributed by atoms with van der Waals surface area (Å²) in [7, 11) is -2.42. The zero-order valence-electron chi connectivity index (χ0n) is 11.0. The van der Waals surface area contributed by atoms with E-state index in [-0.39, 0.29) is 4.90 Å². The number of carbonyl (C=O) groups is 1. The molecule has 0 spiro atoms. The number of methoxy groups -OCH3 is 1. The third-order valence-electron chi connectivity index (χ3n) is 2.68. The van der Waals surface area contributed by atoms with E-state index in [0.29, 0.717) is 16.3 Å². The van der Waals surface area contributed by atoms with E-state index in [9.17, 15) is 13.2 Å². The minimum Gasteiger partial charge on any atom is -0.465 e. The summed E-state index contributed by atoms with van der Waals surface area (Å²) >= 11 is 5.72. The molecule has 0 aromatic heterocycles. The quantitative estimate of drug-likeness (QED) is 0.877. The largest absolute Gasteiger partial charge is 0.465 e. The molecule has 0 amide bonds. The smallest absolute Gasteiger partial charge is 0.337 e. The van der Waals surface area contributed by atoms with Crippen molar-refractivity contribution in [1.82, 2.24) is 0 Å². The van der Waals surface area contributed by atoms with E-state index in [4.69, 9.17) is 11.6 Å². The highest BCUT2D eigenvalue weighted by Gasteiger charge is 2.14. The van der Waals surface area contributed by atoms with Crippen molar-refractivity contribution in [1.29, 1.82) is 0 Å². The van der Waals surface area contributed by atoms with Gasteiger partial charge in [-0.2, -0.15) is 0 Å². The Bertz CT molecular complexity index is 740. The van der Waals surface area contributed by atoms with Crippen molar-refractivity contribution in [3.63, 3.8) is 0 Å². The van der Waals surface area contributed by atoms with Crippen molar-refractivity contribution >= 4 is 33.3 Å². The van der Waals surface area contributed by atoms with Crippen LogP contribution >= 0.6 is 11.6 Å². The predicted molar refractivity (Wildman–Crippen MR) is 80.0 cm³/mol. The average Bonchev–Trinajstić information content (AvgIpc) is 2.47. The number of carbonyl (C=O) groups excluding carboxylic acids is 1. The van der Waals surface area contributed by atoms with Gasteiger partial charge in [-0.1, -0.05) is 11.6 Å². The van der Waals surface area contributed by atoms with Crippen molar-refractivity contribution in [2.45, 2.75) is 4.90 Å². The van der Waals surface area contributed by atoms with Gasteiger partial charge in [-0.25, -0.2) is 13.2 Å². The molecule has 0 saturated carbocycles. The number of ether oxygens (including phenoxy) is 1. The molecule has 1 N–H and O–H groups in total. The molecule has 0 radical (unpaired) electrons. The van der Waals surface area contributed by atoms with Crippen LogP contribution in [0.3, 0.4) is 0 Å². The van der Waals surface area contributed by atoms with E-state index < -0.39 is 16.0 Å². The number of sulfonamides is 1. The Morgan fingerprint density at radius 3 is 2.14 bits per heavy atom. The van der Waals surface area contributed by atoms with E-state index in [0.717, 1.165) is 0 Å². The molecule has 0 aliphatic heterocycles. The van der Waals surface area contributed by atoms with Crippen LogP contribution in [0.1, 0.15) is 10.4 Å². The van der Waals surface area contributed by atoms with E-state index in [1.165, 1.54) is 55.6 Å². The molecule has 0 heterocycles. The van der Waals surface area contributed by atoms with Gasteiger partial charge in [0, 0.05) is 10.7 Å². The molecule has 2 rings (SSSR count). The summed E-state index contributed by atoms with van der Waals surface area (Å²) in [5, 5.41) is 0.455. The van der Waals surface area contributed by atoms with Gasteiger partial charge in [0.15, 0.2) is 0 Å². The Labute approximate surface area is 127 Å². The number of benzene rings is 2. The highest BCUT2D eigenvalue weighted by atomic mass is 35.5. The molecule has 2 aromatic carbocycles. The van der Waals surface area contributed by atoms with Crippen molar-refractivity contribution in [2.24, 2.45) is 0 Å². The average molecular weight is 326 g/mol. The van der Waals surface area contributed by atoms with Crippen LogP contribution < -0.4 is 4.72 Å². The molecule has 0 atom stereocenters. The predicted octanol–water partition coefficient (Wildman–Crippen LogP) is 2.93. The second-order valence-corrected chi connectivity index (χ2v) is 6.25. The van der Waals surface area contributed by atoms with Crippen molar-refractivity contribution in [3.8, 4) is 0 Å². The molecule has 21 heavy (non-hydrogen) atoms. The molecule has 0 unspecified atom stereocenters. The van der Waals surface area contributed by atoms with Crippen LogP contribution in [0.2, 0.25) is 5.02 Å². The highest BCUT2D eigenvalue weighted by Crippen LogP contribution is 2.18. The maximum atomic E-state index is 12.1. The van der Waals surface area contributed by atoms with E-state index in [2.05, 4.69) is 9.46 Å². The number of nitrogens with one attached hydrogen (secondary N) is 1. The Balaban J connectivity index is 2.20. The van der Waals surface area contributed by atoms with Crippen molar-refractivity contribution in [3.05, 3.63) is 59.1 Å². The fraction of sp³-hybridized carbons (Fsp3) is 0.0714. The van der Waals surface area contributed by atoms with Gasteiger partial charge in [0.2, 0.25) is 0 Å². The SMILES string of the molecule is COC(=O)c1ccc(NS(=O)(=O)c2ccc(Cl)cc2)cc1. The summed E-state index contributed by atoms with van der Waals surface area (Å²) in [5.74, 6) is -0.484. The first kappa shape index (κ1) is 15.3. The first-order valence-corrected chi connectivity index (χ1v) is 7.75. The van der Waals surface area contributed by atoms with E-state index in [1.54, 1.807) is 0 Å². The van der Waals surface area contributed by atoms with Crippen LogP contribution in [0.15, 0.2) is 53.4 Å². The van der Waals surface area contributed by atoms with E-state index in [1.807, 2.05) is 0 Å². The topological polar surface area (TPSA) is 72.5 Å². The molecule has 110 valence electrons. The van der Waals surface area contributed by atoms with Crippen LogP contribution in [-0.4, -0.2) is 21.5 Å². The maximum absolute atomic E-state index is 12.1. The maximum Gasteiger partial charge on any atom is 0.337 e. The summed E-state index contributed by atoms with van der Waals surface area (Å²) in [6.45, 7) is 0. The lowest BCUT2D eigenvalue weighted by Gasteiger charge is -2.08. The molecule has 0 bridgehead atoms. The van der Waals surface area contributed by atoms with Gasteiger partial charge in [0.25, 0.3) is 10.0 Å². The van der Waals surface area contributed by atoms with Gasteiger partial charge in [0.1, 0.15) is 0 Å². The first-order chi connectivity index (χ1) is 9.92. The molecule has 0 aliphatic carbocycles. The van der Waals surface area contributed by atoms with Crippen LogP contribution in [-0.2, 0) is 14.8 Å². The minimum atomic E-state index is -3.69. The van der Waals surface area contributed by atoms with Crippen LogP contribution in [0.25, 0.3) is 0 Å². The minimum absolute atomic E-state index is 0.101. The summed E-state index contributed by atoms with van der Waals surface area (Å²) in [6.07, 6.45) is 0. The third kappa shape index (κ3) is 3.74. The lowest BCUT2D eigenvalue weighted by Crippen LogP contribution is -2.13. The molecular formula is C14H12ClNO4S. The molecule has 0 saturated heterocycles. The zero-order chi connectivity index (χ0) is 15.5. The lowest BCUT2D eigenvalue weighted by molar-refractivity contribution is 0.0601. The van der Waals surface area contributed by atoms with Gasteiger partial charge < -0.3 is 4.74 Å². The molecule has 5 nitrogen and oxygen atoms in total. The number of anilines is 1. The highest BCUT2D eigenvalue weighted by molar-refractivity contribution is 7.92. The first-order valence-electron chi connectivity index (χ1n) is 5.89. The van der Waals surface area contributed by atoms with E-state index >= 15 is 0 Å². The Hall–Kier alpha value is -2.05. The van der Waals surface area contributed by atoms with Crippen LogP contribution in [0.4, 0.5) is 5.69 Å². The Morgan fingerprint density at radius 1 is 1.05 bits per heavy atom. The van der Waals surface area contributed by atoms with Gasteiger partial charge in [-0.15, -0.1) is 0 Å². The van der Waals surface area contributed by atoms with Crippen LogP contribution in [0, 0.1) is 0 Å². The number of esters is 1. The number of rotatable bonds is 4. The molecular weight excluding hydrogens is 314 g/mol. The van der Waals surface area contributed by atoms with Gasteiger partial charge in [-0.05, 0) is 48.5 Å². The summed E-state index contributed by atoms with van der Waals surface area (Å²) in [5.41, 5.74) is 0.685. The van der Waals surface area contributed by atoms with Gasteiger partial charge >= 0.3 is 5.97 Å². The summed E-state index contributed by atoms with van der Waals surface area (Å²) in [4.78, 5) is 11.4. The molecule has 7 heteroatoms. The van der Waals surface area contributed by atoms with Crippen molar-refractivity contribution < 1.29 is 17.9 Å². The fourth-order valence-corrected chi connectivity index (χ4v) is 2.80. The third-order valence-corrected chi connectivity index (χ3v) is 4.33. The Morgan fingerprint density at radius 2 is 1.62 bits per heavy atom. The standard InChI is InChI=1S/C14H12ClNO4S/c1-20-14(17)10-2-6-12(7-3-10)16-21(18,19)13-8-4-11(15)5-9-13/h2-9,16H,1H3. The number of halogens is 1.